The zero-order valence-electron chi connectivity index (χ0n) is 12.1. The molecular formula is C15H28N2O2. The summed E-state index contributed by atoms with van der Waals surface area (Å²) in [6.45, 7) is 3.49. The van der Waals surface area contributed by atoms with Crippen LogP contribution >= 0.6 is 0 Å². The molecule has 0 aromatic rings. The number of carbonyl (C=O) groups is 1. The first-order chi connectivity index (χ1) is 9.06. The second-order valence-electron chi connectivity index (χ2n) is 6.44. The molecule has 0 bridgehead atoms. The summed E-state index contributed by atoms with van der Waals surface area (Å²) in [6, 6.07) is 0.355. The minimum absolute atomic E-state index is 0.239. The van der Waals surface area contributed by atoms with E-state index in [2.05, 4.69) is 0 Å². The molecule has 1 aliphatic carbocycles. The van der Waals surface area contributed by atoms with Crippen LogP contribution in [0.1, 0.15) is 51.9 Å². The average molecular weight is 268 g/mol. The Morgan fingerprint density at radius 2 is 1.79 bits per heavy atom. The van der Waals surface area contributed by atoms with Crippen molar-refractivity contribution in [2.24, 2.45) is 17.6 Å². The van der Waals surface area contributed by atoms with Crippen LogP contribution in [-0.2, 0) is 4.79 Å². The fourth-order valence-electron chi connectivity index (χ4n) is 3.40. The van der Waals surface area contributed by atoms with Gasteiger partial charge in [-0.15, -0.1) is 0 Å². The predicted octanol–water partition coefficient (Wildman–Crippen LogP) is 1.51. The fourth-order valence-corrected chi connectivity index (χ4v) is 3.40. The second-order valence-corrected chi connectivity index (χ2v) is 6.44. The van der Waals surface area contributed by atoms with E-state index in [1.54, 1.807) is 0 Å². The monoisotopic (exact) mass is 268 g/mol. The van der Waals surface area contributed by atoms with Gasteiger partial charge in [-0.3, -0.25) is 4.79 Å². The van der Waals surface area contributed by atoms with Gasteiger partial charge in [-0.2, -0.15) is 0 Å². The quantitative estimate of drug-likeness (QED) is 0.815. The van der Waals surface area contributed by atoms with Crippen LogP contribution < -0.4 is 5.73 Å². The number of hydrogen-bond donors (Lipinski definition) is 2. The highest BCUT2D eigenvalue weighted by molar-refractivity contribution is 5.76. The van der Waals surface area contributed by atoms with E-state index in [0.29, 0.717) is 30.2 Å². The second kappa shape index (κ2) is 6.71. The Morgan fingerprint density at radius 3 is 2.32 bits per heavy atom. The standard InChI is InChI=1S/C15H28N2O2/c1-11(18)13-6-8-17(9-7-13)15(19)10-12-2-4-14(16)5-3-12/h11-14,18H,2-10,16H2,1H3. The summed E-state index contributed by atoms with van der Waals surface area (Å²) in [7, 11) is 0. The highest BCUT2D eigenvalue weighted by Gasteiger charge is 2.27. The van der Waals surface area contributed by atoms with Crippen molar-refractivity contribution in [2.75, 3.05) is 13.1 Å². The van der Waals surface area contributed by atoms with Gasteiger partial charge in [-0.25, -0.2) is 0 Å². The van der Waals surface area contributed by atoms with Gasteiger partial charge < -0.3 is 15.7 Å². The summed E-state index contributed by atoms with van der Waals surface area (Å²) >= 11 is 0. The first kappa shape index (κ1) is 14.8. The summed E-state index contributed by atoms with van der Waals surface area (Å²) < 4.78 is 0. The van der Waals surface area contributed by atoms with Crippen LogP contribution in [0.3, 0.4) is 0 Å². The van der Waals surface area contributed by atoms with Crippen LogP contribution in [0.25, 0.3) is 0 Å². The van der Waals surface area contributed by atoms with E-state index >= 15 is 0 Å². The number of rotatable bonds is 3. The molecule has 2 rings (SSSR count). The van der Waals surface area contributed by atoms with Crippen molar-refractivity contribution < 1.29 is 9.90 Å². The smallest absolute Gasteiger partial charge is 0.222 e. The molecule has 110 valence electrons. The van der Waals surface area contributed by atoms with Gasteiger partial charge in [0.25, 0.3) is 0 Å². The SMILES string of the molecule is CC(O)C1CCN(C(=O)CC2CCC(N)CC2)CC1. The van der Waals surface area contributed by atoms with Gasteiger partial charge in [0, 0.05) is 25.6 Å². The van der Waals surface area contributed by atoms with Crippen LogP contribution in [0.4, 0.5) is 0 Å². The van der Waals surface area contributed by atoms with Gasteiger partial charge in [-0.05, 0) is 57.3 Å². The lowest BCUT2D eigenvalue weighted by Crippen LogP contribution is -2.41. The maximum atomic E-state index is 12.3. The average Bonchev–Trinajstić information content (AvgIpc) is 2.41. The molecular weight excluding hydrogens is 240 g/mol. The van der Waals surface area contributed by atoms with E-state index in [-0.39, 0.29) is 6.10 Å². The maximum absolute atomic E-state index is 12.3. The molecule has 1 heterocycles. The lowest BCUT2D eigenvalue weighted by atomic mass is 9.84. The lowest BCUT2D eigenvalue weighted by molar-refractivity contribution is -0.134. The first-order valence-corrected chi connectivity index (χ1v) is 7.77. The van der Waals surface area contributed by atoms with Crippen LogP contribution in [0, 0.1) is 11.8 Å². The topological polar surface area (TPSA) is 66.6 Å². The normalized spacial score (nSPS) is 31.2. The highest BCUT2D eigenvalue weighted by atomic mass is 16.3. The van der Waals surface area contributed by atoms with Crippen LogP contribution in [0.5, 0.6) is 0 Å². The molecule has 1 unspecified atom stereocenters. The zero-order chi connectivity index (χ0) is 13.8. The van der Waals surface area contributed by atoms with Gasteiger partial charge in [0.2, 0.25) is 5.91 Å². The highest BCUT2D eigenvalue weighted by Crippen LogP contribution is 2.28. The number of likely N-dealkylation sites (tertiary alicyclic amines) is 1. The molecule has 1 aliphatic heterocycles. The number of aliphatic hydroxyl groups is 1. The third kappa shape index (κ3) is 4.18. The third-order valence-corrected chi connectivity index (χ3v) is 4.93. The van der Waals surface area contributed by atoms with Crippen LogP contribution in [0.2, 0.25) is 0 Å². The van der Waals surface area contributed by atoms with Crippen molar-refractivity contribution >= 4 is 5.91 Å². The Hall–Kier alpha value is -0.610. The maximum Gasteiger partial charge on any atom is 0.222 e. The van der Waals surface area contributed by atoms with E-state index in [4.69, 9.17) is 5.73 Å². The molecule has 0 aromatic carbocycles. The number of nitrogens with two attached hydrogens (primary N) is 1. The molecule has 4 heteroatoms. The minimum atomic E-state index is -0.239. The van der Waals surface area contributed by atoms with Crippen molar-refractivity contribution in [3.8, 4) is 0 Å². The van der Waals surface area contributed by atoms with Gasteiger partial charge in [0.1, 0.15) is 0 Å². The van der Waals surface area contributed by atoms with E-state index in [9.17, 15) is 9.90 Å². The molecule has 1 saturated carbocycles. The number of amides is 1. The molecule has 0 spiro atoms. The molecule has 0 radical (unpaired) electrons. The van der Waals surface area contributed by atoms with Crippen molar-refractivity contribution in [3.63, 3.8) is 0 Å². The summed E-state index contributed by atoms with van der Waals surface area (Å²) in [6.07, 6.45) is 6.71. The van der Waals surface area contributed by atoms with Crippen LogP contribution in [0.15, 0.2) is 0 Å². The van der Waals surface area contributed by atoms with Crippen molar-refractivity contribution in [1.29, 1.82) is 0 Å². The van der Waals surface area contributed by atoms with E-state index < -0.39 is 0 Å². The summed E-state index contributed by atoms with van der Waals surface area (Å²) in [4.78, 5) is 14.3. The molecule has 1 atom stereocenters. The number of nitrogens with zero attached hydrogens (tertiary/aromatic N) is 1. The molecule has 1 saturated heterocycles. The van der Waals surface area contributed by atoms with Crippen molar-refractivity contribution in [2.45, 2.75) is 64.0 Å². The molecule has 19 heavy (non-hydrogen) atoms. The Bertz CT molecular complexity index is 291. The molecule has 4 nitrogen and oxygen atoms in total. The largest absolute Gasteiger partial charge is 0.393 e. The van der Waals surface area contributed by atoms with Crippen molar-refractivity contribution in [3.05, 3.63) is 0 Å². The Kier molecular flexibility index (Phi) is 5.22. The number of piperidine rings is 1. The van der Waals surface area contributed by atoms with E-state index in [0.717, 1.165) is 51.6 Å². The third-order valence-electron chi connectivity index (χ3n) is 4.93. The van der Waals surface area contributed by atoms with E-state index in [1.165, 1.54) is 0 Å². The summed E-state index contributed by atoms with van der Waals surface area (Å²) in [5.41, 5.74) is 5.90. The number of hydrogen-bond acceptors (Lipinski definition) is 3. The molecule has 1 amide bonds. The number of carbonyl (C=O) groups excluding carboxylic acids is 1. The predicted molar refractivity (Wildman–Crippen MR) is 75.5 cm³/mol. The first-order valence-electron chi connectivity index (χ1n) is 7.77. The molecule has 2 fully saturated rings. The Labute approximate surface area is 116 Å². The summed E-state index contributed by atoms with van der Waals surface area (Å²) in [5, 5.41) is 9.57. The zero-order valence-corrected chi connectivity index (χ0v) is 12.1. The lowest BCUT2D eigenvalue weighted by Gasteiger charge is -2.34. The van der Waals surface area contributed by atoms with Crippen LogP contribution in [-0.4, -0.2) is 41.1 Å². The van der Waals surface area contributed by atoms with Gasteiger partial charge in [-0.1, -0.05) is 0 Å². The Morgan fingerprint density at radius 1 is 1.21 bits per heavy atom. The summed E-state index contributed by atoms with van der Waals surface area (Å²) in [5.74, 6) is 1.23. The van der Waals surface area contributed by atoms with Gasteiger partial charge >= 0.3 is 0 Å². The Balaban J connectivity index is 1.72. The van der Waals surface area contributed by atoms with E-state index in [1.807, 2.05) is 11.8 Å². The van der Waals surface area contributed by atoms with Gasteiger partial charge in [0.15, 0.2) is 0 Å². The minimum Gasteiger partial charge on any atom is -0.393 e. The molecule has 0 aromatic heterocycles. The molecule has 3 N–H and O–H groups in total. The number of aliphatic hydroxyl groups excluding tert-OH is 1. The fraction of sp³-hybridized carbons (Fsp3) is 0.933. The van der Waals surface area contributed by atoms with Gasteiger partial charge in [0.05, 0.1) is 6.10 Å². The molecule has 2 aliphatic rings. The van der Waals surface area contributed by atoms with Crippen molar-refractivity contribution in [1.82, 2.24) is 4.90 Å².